The maximum atomic E-state index is 12.6. The van der Waals surface area contributed by atoms with Crippen LogP contribution >= 0.6 is 11.6 Å². The highest BCUT2D eigenvalue weighted by Crippen LogP contribution is 2.23. The average molecular weight is 447 g/mol. The van der Waals surface area contributed by atoms with Crippen LogP contribution in [0.3, 0.4) is 0 Å². The van der Waals surface area contributed by atoms with E-state index in [-0.39, 0.29) is 17.6 Å². The second kappa shape index (κ2) is 10.9. The fourth-order valence-electron chi connectivity index (χ4n) is 3.34. The highest BCUT2D eigenvalue weighted by atomic mass is 35.5. The van der Waals surface area contributed by atoms with Crippen molar-refractivity contribution in [2.45, 2.75) is 25.9 Å². The summed E-state index contributed by atoms with van der Waals surface area (Å²) in [5.74, 6) is 1.22. The monoisotopic (exact) mass is 446 g/mol. The number of halogens is 1. The molecule has 1 aliphatic rings. The van der Waals surface area contributed by atoms with E-state index in [1.807, 2.05) is 12.1 Å². The summed E-state index contributed by atoms with van der Waals surface area (Å²) in [5, 5.41) is 9.88. The molecule has 1 heterocycles. The van der Waals surface area contributed by atoms with Crippen LogP contribution in [0.2, 0.25) is 5.02 Å². The number of ether oxygens (including phenoxy) is 2. The minimum absolute atomic E-state index is 0.0586. The first kappa shape index (κ1) is 22.7. The summed E-state index contributed by atoms with van der Waals surface area (Å²) in [6.45, 7) is 4.07. The van der Waals surface area contributed by atoms with Crippen LogP contribution < -0.4 is 9.47 Å². The van der Waals surface area contributed by atoms with E-state index in [4.69, 9.17) is 21.1 Å². The highest BCUT2D eigenvalue weighted by Gasteiger charge is 2.27. The number of phenols is 1. The van der Waals surface area contributed by atoms with Crippen molar-refractivity contribution >= 4 is 23.4 Å². The van der Waals surface area contributed by atoms with Gasteiger partial charge in [0.25, 0.3) is 5.91 Å². The Kier molecular flexibility index (Phi) is 8.00. The Labute approximate surface area is 187 Å². The van der Waals surface area contributed by atoms with Gasteiger partial charge in [0.15, 0.2) is 6.10 Å². The molecule has 2 aromatic carbocycles. The normalized spacial score (nSPS) is 14.8. The molecule has 1 saturated heterocycles. The Balaban J connectivity index is 1.37. The third-order valence-corrected chi connectivity index (χ3v) is 5.38. The first-order valence-corrected chi connectivity index (χ1v) is 10.7. The van der Waals surface area contributed by atoms with Gasteiger partial charge >= 0.3 is 0 Å². The Morgan fingerprint density at radius 3 is 2.35 bits per heavy atom. The Hall–Kier alpha value is -2.93. The van der Waals surface area contributed by atoms with Crippen molar-refractivity contribution in [2.75, 3.05) is 32.8 Å². The van der Waals surface area contributed by atoms with Gasteiger partial charge in [-0.15, -0.1) is 0 Å². The van der Waals surface area contributed by atoms with E-state index < -0.39 is 6.10 Å². The van der Waals surface area contributed by atoms with Gasteiger partial charge in [0.05, 0.1) is 11.6 Å². The molecule has 0 spiro atoms. The van der Waals surface area contributed by atoms with Crippen LogP contribution in [0.15, 0.2) is 48.5 Å². The molecular formula is C23H27ClN2O5. The lowest BCUT2D eigenvalue weighted by molar-refractivity contribution is -0.143. The molecule has 0 bridgehead atoms. The summed E-state index contributed by atoms with van der Waals surface area (Å²) >= 11 is 6.05. The minimum Gasteiger partial charge on any atom is -0.508 e. The van der Waals surface area contributed by atoms with Crippen LogP contribution in [0.5, 0.6) is 17.2 Å². The van der Waals surface area contributed by atoms with E-state index in [0.717, 1.165) is 0 Å². The summed E-state index contributed by atoms with van der Waals surface area (Å²) in [6, 6.07) is 13.5. The maximum Gasteiger partial charge on any atom is 0.263 e. The molecule has 3 rings (SSSR count). The number of phenolic OH excluding ortho intramolecular Hbond substituents is 1. The van der Waals surface area contributed by atoms with E-state index in [9.17, 15) is 14.7 Å². The first-order valence-electron chi connectivity index (χ1n) is 10.3. The van der Waals surface area contributed by atoms with Gasteiger partial charge in [0.1, 0.15) is 17.2 Å². The SMILES string of the molecule is CC(Oc1ccc(O)cc1)C(=O)N1CCN(C(=O)CCCOc2ccccc2Cl)CC1. The van der Waals surface area contributed by atoms with E-state index in [2.05, 4.69) is 0 Å². The zero-order chi connectivity index (χ0) is 22.2. The maximum absolute atomic E-state index is 12.6. The number of hydrogen-bond acceptors (Lipinski definition) is 5. The largest absolute Gasteiger partial charge is 0.508 e. The molecule has 0 saturated carbocycles. The number of carbonyl (C=O) groups is 2. The van der Waals surface area contributed by atoms with Crippen molar-refractivity contribution in [2.24, 2.45) is 0 Å². The van der Waals surface area contributed by atoms with Crippen molar-refractivity contribution in [1.82, 2.24) is 9.80 Å². The lowest BCUT2D eigenvalue weighted by Crippen LogP contribution is -2.53. The Bertz CT molecular complexity index is 882. The van der Waals surface area contributed by atoms with Gasteiger partial charge in [-0.25, -0.2) is 0 Å². The fourth-order valence-corrected chi connectivity index (χ4v) is 3.53. The summed E-state index contributed by atoms with van der Waals surface area (Å²) in [7, 11) is 0. The fraction of sp³-hybridized carbons (Fsp3) is 0.391. The van der Waals surface area contributed by atoms with Crippen LogP contribution in [0.1, 0.15) is 19.8 Å². The van der Waals surface area contributed by atoms with E-state index in [1.54, 1.807) is 41.0 Å². The smallest absolute Gasteiger partial charge is 0.263 e. The summed E-state index contributed by atoms with van der Waals surface area (Å²) in [6.07, 6.45) is 0.341. The topological polar surface area (TPSA) is 79.3 Å². The van der Waals surface area contributed by atoms with Gasteiger partial charge < -0.3 is 24.4 Å². The standard InChI is InChI=1S/C23H27ClN2O5/c1-17(31-19-10-8-18(27)9-11-19)23(29)26-14-12-25(13-15-26)22(28)7-4-16-30-21-6-3-2-5-20(21)24/h2-3,5-6,8-11,17,27H,4,7,12-16H2,1H3. The van der Waals surface area contributed by atoms with Gasteiger partial charge in [-0.2, -0.15) is 0 Å². The Morgan fingerprint density at radius 1 is 1.03 bits per heavy atom. The molecular weight excluding hydrogens is 420 g/mol. The van der Waals surface area contributed by atoms with Crippen LogP contribution in [0.4, 0.5) is 0 Å². The lowest BCUT2D eigenvalue weighted by Gasteiger charge is -2.36. The Morgan fingerprint density at radius 2 is 1.68 bits per heavy atom. The van der Waals surface area contributed by atoms with Gasteiger partial charge in [0.2, 0.25) is 5.91 Å². The first-order chi connectivity index (χ1) is 14.9. The summed E-state index contributed by atoms with van der Waals surface area (Å²) < 4.78 is 11.3. The molecule has 2 amide bonds. The number of aromatic hydroxyl groups is 1. The molecule has 7 nitrogen and oxygen atoms in total. The number of piperazine rings is 1. The number of amides is 2. The highest BCUT2D eigenvalue weighted by molar-refractivity contribution is 6.32. The molecule has 0 aromatic heterocycles. The van der Waals surface area contributed by atoms with E-state index >= 15 is 0 Å². The molecule has 166 valence electrons. The zero-order valence-corrected chi connectivity index (χ0v) is 18.3. The molecule has 1 fully saturated rings. The van der Waals surface area contributed by atoms with E-state index in [1.165, 1.54) is 12.1 Å². The lowest BCUT2D eigenvalue weighted by atomic mass is 10.2. The molecule has 1 aliphatic heterocycles. The molecule has 31 heavy (non-hydrogen) atoms. The third kappa shape index (κ3) is 6.52. The predicted octanol–water partition coefficient (Wildman–Crippen LogP) is 3.34. The molecule has 1 N–H and O–H groups in total. The number of para-hydroxylation sites is 1. The minimum atomic E-state index is -0.645. The predicted molar refractivity (Wildman–Crippen MR) is 118 cm³/mol. The van der Waals surface area contributed by atoms with Crippen molar-refractivity contribution in [3.8, 4) is 17.2 Å². The number of carbonyl (C=O) groups excluding carboxylic acids is 2. The van der Waals surface area contributed by atoms with Crippen LogP contribution in [0.25, 0.3) is 0 Å². The van der Waals surface area contributed by atoms with Crippen LogP contribution in [-0.2, 0) is 9.59 Å². The molecule has 0 radical (unpaired) electrons. The number of nitrogens with zero attached hydrogens (tertiary/aromatic N) is 2. The van der Waals surface area contributed by atoms with Crippen molar-refractivity contribution in [3.63, 3.8) is 0 Å². The quantitative estimate of drug-likeness (QED) is 0.629. The van der Waals surface area contributed by atoms with Gasteiger partial charge in [-0.1, -0.05) is 23.7 Å². The third-order valence-electron chi connectivity index (χ3n) is 5.07. The molecule has 0 aliphatic carbocycles. The second-order valence-corrected chi connectivity index (χ2v) is 7.75. The summed E-state index contributed by atoms with van der Waals surface area (Å²) in [5.41, 5.74) is 0. The van der Waals surface area contributed by atoms with Crippen molar-refractivity contribution in [1.29, 1.82) is 0 Å². The number of hydrogen-bond donors (Lipinski definition) is 1. The number of benzene rings is 2. The zero-order valence-electron chi connectivity index (χ0n) is 17.5. The molecule has 2 aromatic rings. The van der Waals surface area contributed by atoms with Crippen molar-refractivity contribution in [3.05, 3.63) is 53.6 Å². The second-order valence-electron chi connectivity index (χ2n) is 7.34. The molecule has 8 heteroatoms. The van der Waals surface area contributed by atoms with Gasteiger partial charge in [0, 0.05) is 32.6 Å². The molecule has 1 atom stereocenters. The van der Waals surface area contributed by atoms with Crippen LogP contribution in [-0.4, -0.2) is 65.6 Å². The summed E-state index contributed by atoms with van der Waals surface area (Å²) in [4.78, 5) is 28.6. The van der Waals surface area contributed by atoms with Gasteiger partial charge in [-0.3, -0.25) is 9.59 Å². The van der Waals surface area contributed by atoms with E-state index in [0.29, 0.717) is 62.1 Å². The van der Waals surface area contributed by atoms with Gasteiger partial charge in [-0.05, 0) is 49.7 Å². The average Bonchev–Trinajstić information content (AvgIpc) is 2.78. The van der Waals surface area contributed by atoms with Crippen LogP contribution in [0, 0.1) is 0 Å². The van der Waals surface area contributed by atoms with Crippen molar-refractivity contribution < 1.29 is 24.2 Å². The molecule has 1 unspecified atom stereocenters. The number of rotatable bonds is 8.